The average Bonchev–Trinajstić information content (AvgIpc) is 3.08. The van der Waals surface area contributed by atoms with E-state index in [-0.39, 0.29) is 6.42 Å². The lowest BCUT2D eigenvalue weighted by molar-refractivity contribution is -0.138. The summed E-state index contributed by atoms with van der Waals surface area (Å²) in [6.45, 7) is 1.26. The number of carboxylic acids is 1. The molecule has 0 bridgehead atoms. The Kier molecular flexibility index (Phi) is 5.81. The second kappa shape index (κ2) is 8.83. The van der Waals surface area contributed by atoms with E-state index in [4.69, 9.17) is 9.47 Å². The maximum absolute atomic E-state index is 11.5. The van der Waals surface area contributed by atoms with Crippen molar-refractivity contribution >= 4 is 22.4 Å². The van der Waals surface area contributed by atoms with Gasteiger partial charge in [0.1, 0.15) is 0 Å². The molecular weight excluding hydrogens is 390 g/mol. The predicted molar refractivity (Wildman–Crippen MR) is 109 cm³/mol. The van der Waals surface area contributed by atoms with Gasteiger partial charge in [0.2, 0.25) is 5.13 Å². The molecule has 148 valence electrons. The number of azo groups is 1. The van der Waals surface area contributed by atoms with Crippen molar-refractivity contribution in [1.82, 2.24) is 4.98 Å². The molecule has 1 atom stereocenters. The highest BCUT2D eigenvalue weighted by molar-refractivity contribution is 7.13. The van der Waals surface area contributed by atoms with E-state index in [9.17, 15) is 9.90 Å². The summed E-state index contributed by atoms with van der Waals surface area (Å²) in [7, 11) is 0. The van der Waals surface area contributed by atoms with E-state index in [0.717, 1.165) is 29.0 Å². The quantitative estimate of drug-likeness (QED) is 0.593. The van der Waals surface area contributed by atoms with Gasteiger partial charge in [-0.15, -0.1) is 16.5 Å². The first-order chi connectivity index (χ1) is 14.2. The minimum absolute atomic E-state index is 0.278. The van der Waals surface area contributed by atoms with Gasteiger partial charge in [-0.05, 0) is 23.8 Å². The third-order valence-corrected chi connectivity index (χ3v) is 5.10. The van der Waals surface area contributed by atoms with Crippen LogP contribution in [0.1, 0.15) is 12.0 Å². The fourth-order valence-corrected chi connectivity index (χ4v) is 3.55. The van der Waals surface area contributed by atoms with Crippen LogP contribution in [0, 0.1) is 0 Å². The Labute approximate surface area is 171 Å². The van der Waals surface area contributed by atoms with E-state index in [0.29, 0.717) is 24.1 Å². The lowest BCUT2D eigenvalue weighted by Gasteiger charge is -2.08. The summed E-state index contributed by atoms with van der Waals surface area (Å²) in [5, 5.41) is 19.8. The largest absolute Gasteiger partial charge is 0.490 e. The molecule has 0 saturated heterocycles. The van der Waals surface area contributed by atoms with Crippen molar-refractivity contribution in [3.05, 3.63) is 59.5 Å². The zero-order chi connectivity index (χ0) is 20.1. The van der Waals surface area contributed by atoms with Crippen molar-refractivity contribution in [3.63, 3.8) is 0 Å². The maximum atomic E-state index is 11.5. The molecule has 1 aromatic heterocycles. The number of carboxylic acid groups (broad SMARTS) is 1. The van der Waals surface area contributed by atoms with E-state index < -0.39 is 12.0 Å². The summed E-state index contributed by atoms with van der Waals surface area (Å²) in [6.07, 6.45) is 1.12. The highest BCUT2D eigenvalue weighted by Gasteiger charge is 2.18. The summed E-state index contributed by atoms with van der Waals surface area (Å²) in [5.41, 5.74) is 2.51. The summed E-state index contributed by atoms with van der Waals surface area (Å²) in [4.78, 5) is 16.0. The van der Waals surface area contributed by atoms with Gasteiger partial charge < -0.3 is 14.6 Å². The molecular formula is C21H19N3O4S. The Hall–Kier alpha value is -3.26. The predicted octanol–water partition coefficient (Wildman–Crippen LogP) is 4.75. The molecule has 8 heteroatoms. The molecule has 4 rings (SSSR count). The summed E-state index contributed by atoms with van der Waals surface area (Å²) in [6, 6.07) is 14.1. The number of benzene rings is 2. The minimum Gasteiger partial charge on any atom is -0.490 e. The normalized spacial score (nSPS) is 14.5. The smallest absolute Gasteiger partial charge is 0.330 e. The molecule has 0 spiro atoms. The van der Waals surface area contributed by atoms with Gasteiger partial charge in [0.25, 0.3) is 0 Å². The molecule has 0 fully saturated rings. The van der Waals surface area contributed by atoms with Crippen LogP contribution in [0.2, 0.25) is 0 Å². The topological polar surface area (TPSA) is 93.4 Å². The van der Waals surface area contributed by atoms with Gasteiger partial charge in [0.05, 0.1) is 18.9 Å². The highest BCUT2D eigenvalue weighted by atomic mass is 32.1. The SMILES string of the molecule is O=C(O)C(Cc1ccccc1)N=Nc1nc(-c2ccc3c(c2)OCCCO3)cs1. The van der Waals surface area contributed by atoms with E-state index in [1.807, 2.05) is 53.9 Å². The van der Waals surface area contributed by atoms with Crippen molar-refractivity contribution in [2.24, 2.45) is 10.2 Å². The minimum atomic E-state index is -1.02. The molecule has 0 saturated carbocycles. The second-order valence-corrected chi connectivity index (χ2v) is 7.32. The molecule has 2 heterocycles. The Morgan fingerprint density at radius 1 is 1.14 bits per heavy atom. The maximum Gasteiger partial charge on any atom is 0.330 e. The number of hydrogen-bond donors (Lipinski definition) is 1. The van der Waals surface area contributed by atoms with Crippen LogP contribution in [-0.4, -0.2) is 35.3 Å². The van der Waals surface area contributed by atoms with Crippen molar-refractivity contribution in [3.8, 4) is 22.8 Å². The highest BCUT2D eigenvalue weighted by Crippen LogP contribution is 2.35. The monoisotopic (exact) mass is 409 g/mol. The first-order valence-corrected chi connectivity index (χ1v) is 10.1. The number of thiazole rings is 1. The standard InChI is InChI=1S/C21H19N3O4S/c25-20(26)16(11-14-5-2-1-3-6-14)23-24-21-22-17(13-29-21)15-7-8-18-19(12-15)28-10-4-9-27-18/h1-3,5-8,12-13,16H,4,9-11H2,(H,25,26). The Morgan fingerprint density at radius 3 is 2.72 bits per heavy atom. The third kappa shape index (κ3) is 4.78. The number of hydrogen-bond acceptors (Lipinski definition) is 7. The molecule has 0 radical (unpaired) electrons. The fraction of sp³-hybridized carbons (Fsp3) is 0.238. The third-order valence-electron chi connectivity index (χ3n) is 4.37. The number of carbonyl (C=O) groups is 1. The summed E-state index contributed by atoms with van der Waals surface area (Å²) in [5.74, 6) is 0.411. The van der Waals surface area contributed by atoms with Gasteiger partial charge in [-0.2, -0.15) is 5.11 Å². The van der Waals surface area contributed by atoms with Crippen LogP contribution < -0.4 is 9.47 Å². The summed E-state index contributed by atoms with van der Waals surface area (Å²) < 4.78 is 11.4. The number of aliphatic carboxylic acids is 1. The molecule has 29 heavy (non-hydrogen) atoms. The van der Waals surface area contributed by atoms with Gasteiger partial charge in [-0.25, -0.2) is 9.78 Å². The lowest BCUT2D eigenvalue weighted by atomic mass is 10.1. The molecule has 1 aliphatic heterocycles. The van der Waals surface area contributed by atoms with Crippen molar-refractivity contribution in [2.75, 3.05) is 13.2 Å². The molecule has 0 aliphatic carbocycles. The first-order valence-electron chi connectivity index (χ1n) is 9.22. The van der Waals surface area contributed by atoms with E-state index >= 15 is 0 Å². The number of aromatic nitrogens is 1. The van der Waals surface area contributed by atoms with Crippen LogP contribution in [0.4, 0.5) is 5.13 Å². The zero-order valence-corrected chi connectivity index (χ0v) is 16.3. The van der Waals surface area contributed by atoms with Crippen molar-refractivity contribution in [2.45, 2.75) is 18.9 Å². The molecule has 1 aliphatic rings. The number of fused-ring (bicyclic) bond motifs is 1. The van der Waals surface area contributed by atoms with Gasteiger partial charge in [-0.3, -0.25) is 0 Å². The van der Waals surface area contributed by atoms with Gasteiger partial charge in [0.15, 0.2) is 17.5 Å². The van der Waals surface area contributed by atoms with Crippen molar-refractivity contribution < 1.29 is 19.4 Å². The zero-order valence-electron chi connectivity index (χ0n) is 15.5. The number of nitrogens with zero attached hydrogens (tertiary/aromatic N) is 3. The average molecular weight is 409 g/mol. The van der Waals surface area contributed by atoms with Crippen LogP contribution >= 0.6 is 11.3 Å². The number of ether oxygens (including phenoxy) is 2. The lowest BCUT2D eigenvalue weighted by Crippen LogP contribution is -2.20. The van der Waals surface area contributed by atoms with Crippen LogP contribution in [-0.2, 0) is 11.2 Å². The van der Waals surface area contributed by atoms with E-state index in [2.05, 4.69) is 15.2 Å². The molecule has 1 N–H and O–H groups in total. The Balaban J connectivity index is 1.49. The second-order valence-electron chi connectivity index (χ2n) is 6.49. The van der Waals surface area contributed by atoms with E-state index in [1.165, 1.54) is 11.3 Å². The van der Waals surface area contributed by atoms with E-state index in [1.54, 1.807) is 0 Å². The van der Waals surface area contributed by atoms with Crippen LogP contribution in [0.5, 0.6) is 11.5 Å². The molecule has 2 aromatic carbocycles. The number of rotatable bonds is 6. The van der Waals surface area contributed by atoms with Crippen LogP contribution in [0.25, 0.3) is 11.3 Å². The molecule has 0 amide bonds. The molecule has 7 nitrogen and oxygen atoms in total. The molecule has 1 unspecified atom stereocenters. The fourth-order valence-electron chi connectivity index (χ4n) is 2.90. The van der Waals surface area contributed by atoms with Crippen LogP contribution in [0.15, 0.2) is 64.1 Å². The van der Waals surface area contributed by atoms with Crippen molar-refractivity contribution in [1.29, 1.82) is 0 Å². The summed E-state index contributed by atoms with van der Waals surface area (Å²) >= 11 is 1.31. The molecule has 3 aromatic rings. The van der Waals surface area contributed by atoms with Crippen LogP contribution in [0.3, 0.4) is 0 Å². The first kappa shape index (κ1) is 19.1. The van der Waals surface area contributed by atoms with Gasteiger partial charge in [0, 0.05) is 23.8 Å². The van der Waals surface area contributed by atoms with Gasteiger partial charge in [-0.1, -0.05) is 30.3 Å². The van der Waals surface area contributed by atoms with Gasteiger partial charge >= 0.3 is 5.97 Å². The Bertz CT molecular complexity index is 1020. The Morgan fingerprint density at radius 2 is 1.93 bits per heavy atom.